The molecule has 1 aromatic rings. The summed E-state index contributed by atoms with van der Waals surface area (Å²) in [5.74, 6) is 0.660. The molecule has 0 fully saturated rings. The standard InChI is InChI=1S/C12H17ClO3/c1-15-7-2-3-8-16-12-6-4-5-11(13)10(12)9-14/h4-6,14H,2-3,7-9H2,1H3. The molecule has 0 spiro atoms. The van der Waals surface area contributed by atoms with E-state index in [4.69, 9.17) is 26.2 Å². The van der Waals surface area contributed by atoms with Crippen LogP contribution in [0.4, 0.5) is 0 Å². The highest BCUT2D eigenvalue weighted by Crippen LogP contribution is 2.26. The maximum atomic E-state index is 9.16. The number of methoxy groups -OCH3 is 1. The van der Waals surface area contributed by atoms with Gasteiger partial charge in [-0.2, -0.15) is 0 Å². The largest absolute Gasteiger partial charge is 0.493 e. The fraction of sp³-hybridized carbons (Fsp3) is 0.500. The summed E-state index contributed by atoms with van der Waals surface area (Å²) in [5.41, 5.74) is 0.649. The molecule has 1 N–H and O–H groups in total. The quantitative estimate of drug-likeness (QED) is 0.750. The van der Waals surface area contributed by atoms with Gasteiger partial charge >= 0.3 is 0 Å². The summed E-state index contributed by atoms with van der Waals surface area (Å²) in [6, 6.07) is 5.37. The average molecular weight is 245 g/mol. The Morgan fingerprint density at radius 2 is 2.00 bits per heavy atom. The first-order valence-electron chi connectivity index (χ1n) is 5.29. The molecular formula is C12H17ClO3. The lowest BCUT2D eigenvalue weighted by atomic mass is 10.2. The number of aliphatic hydroxyl groups is 1. The van der Waals surface area contributed by atoms with Crippen LogP contribution in [0, 0.1) is 0 Å². The molecule has 0 amide bonds. The van der Waals surface area contributed by atoms with Gasteiger partial charge < -0.3 is 14.6 Å². The van der Waals surface area contributed by atoms with Gasteiger partial charge in [0.15, 0.2) is 0 Å². The first-order chi connectivity index (χ1) is 7.79. The van der Waals surface area contributed by atoms with Crippen LogP contribution >= 0.6 is 11.6 Å². The van der Waals surface area contributed by atoms with E-state index in [2.05, 4.69) is 0 Å². The van der Waals surface area contributed by atoms with Crippen molar-refractivity contribution in [1.29, 1.82) is 0 Å². The minimum atomic E-state index is -0.104. The number of benzene rings is 1. The smallest absolute Gasteiger partial charge is 0.126 e. The third-order valence-corrected chi connectivity index (χ3v) is 2.59. The minimum absolute atomic E-state index is 0.104. The van der Waals surface area contributed by atoms with Gasteiger partial charge in [0.1, 0.15) is 5.75 Å². The molecule has 4 heteroatoms. The van der Waals surface area contributed by atoms with Gasteiger partial charge in [-0.15, -0.1) is 0 Å². The molecule has 0 radical (unpaired) electrons. The van der Waals surface area contributed by atoms with Crippen LogP contribution in [0.2, 0.25) is 5.02 Å². The zero-order valence-corrected chi connectivity index (χ0v) is 10.2. The second-order valence-electron chi connectivity index (χ2n) is 3.42. The monoisotopic (exact) mass is 244 g/mol. The second-order valence-corrected chi connectivity index (χ2v) is 3.83. The van der Waals surface area contributed by atoms with Crippen molar-refractivity contribution in [3.63, 3.8) is 0 Å². The predicted molar refractivity (Wildman–Crippen MR) is 64.0 cm³/mol. The van der Waals surface area contributed by atoms with Crippen molar-refractivity contribution in [2.45, 2.75) is 19.4 Å². The summed E-state index contributed by atoms with van der Waals surface area (Å²) < 4.78 is 10.5. The lowest BCUT2D eigenvalue weighted by molar-refractivity contribution is 0.183. The van der Waals surface area contributed by atoms with Crippen LogP contribution in [-0.2, 0) is 11.3 Å². The van der Waals surface area contributed by atoms with E-state index in [-0.39, 0.29) is 6.61 Å². The summed E-state index contributed by atoms with van der Waals surface area (Å²) >= 11 is 5.93. The van der Waals surface area contributed by atoms with E-state index in [1.165, 1.54) is 0 Å². The van der Waals surface area contributed by atoms with Crippen LogP contribution in [-0.4, -0.2) is 25.4 Å². The Labute approximate surface area is 101 Å². The molecule has 0 aliphatic rings. The number of rotatable bonds is 7. The van der Waals surface area contributed by atoms with E-state index in [0.29, 0.717) is 22.9 Å². The average Bonchev–Trinajstić information content (AvgIpc) is 2.29. The van der Waals surface area contributed by atoms with Crippen molar-refractivity contribution < 1.29 is 14.6 Å². The molecule has 3 nitrogen and oxygen atoms in total. The molecule has 0 saturated carbocycles. The summed E-state index contributed by atoms with van der Waals surface area (Å²) in [6.45, 7) is 1.25. The molecule has 0 aromatic heterocycles. The second kappa shape index (κ2) is 7.49. The molecule has 0 aliphatic heterocycles. The zero-order chi connectivity index (χ0) is 11.8. The summed E-state index contributed by atoms with van der Waals surface area (Å²) in [6.07, 6.45) is 1.89. The molecule has 0 aliphatic carbocycles. The van der Waals surface area contributed by atoms with Gasteiger partial charge in [0, 0.05) is 24.3 Å². The Balaban J connectivity index is 2.44. The van der Waals surface area contributed by atoms with Crippen LogP contribution in [0.3, 0.4) is 0 Å². The Hall–Kier alpha value is -0.770. The van der Waals surface area contributed by atoms with Gasteiger partial charge in [-0.25, -0.2) is 0 Å². The molecule has 0 bridgehead atoms. The Morgan fingerprint density at radius 1 is 1.25 bits per heavy atom. The van der Waals surface area contributed by atoms with Gasteiger partial charge in [0.2, 0.25) is 0 Å². The minimum Gasteiger partial charge on any atom is -0.493 e. The van der Waals surface area contributed by atoms with Crippen molar-refractivity contribution in [3.05, 3.63) is 28.8 Å². The number of hydrogen-bond acceptors (Lipinski definition) is 3. The molecule has 0 heterocycles. The van der Waals surface area contributed by atoms with Crippen molar-refractivity contribution in [2.75, 3.05) is 20.3 Å². The van der Waals surface area contributed by atoms with E-state index in [9.17, 15) is 0 Å². The Bertz CT molecular complexity index is 315. The molecule has 0 unspecified atom stereocenters. The molecular weight excluding hydrogens is 228 g/mol. The van der Waals surface area contributed by atoms with Gasteiger partial charge in [0.05, 0.1) is 13.2 Å². The van der Waals surface area contributed by atoms with Crippen LogP contribution in [0.1, 0.15) is 18.4 Å². The van der Waals surface area contributed by atoms with Gasteiger partial charge in [-0.1, -0.05) is 17.7 Å². The Kier molecular flexibility index (Phi) is 6.23. The highest BCUT2D eigenvalue weighted by atomic mass is 35.5. The molecule has 1 rings (SSSR count). The molecule has 1 aromatic carbocycles. The van der Waals surface area contributed by atoms with E-state index in [1.807, 2.05) is 12.1 Å². The normalized spacial score (nSPS) is 10.4. The number of ether oxygens (including phenoxy) is 2. The first kappa shape index (κ1) is 13.3. The molecule has 0 atom stereocenters. The van der Waals surface area contributed by atoms with Gasteiger partial charge in [-0.3, -0.25) is 0 Å². The highest BCUT2D eigenvalue weighted by molar-refractivity contribution is 6.31. The number of unbranched alkanes of at least 4 members (excludes halogenated alkanes) is 1. The molecule has 90 valence electrons. The van der Waals surface area contributed by atoms with E-state index in [1.54, 1.807) is 13.2 Å². The molecule has 0 saturated heterocycles. The van der Waals surface area contributed by atoms with Crippen molar-refractivity contribution in [1.82, 2.24) is 0 Å². The van der Waals surface area contributed by atoms with Gasteiger partial charge in [0.25, 0.3) is 0 Å². The fourth-order valence-corrected chi connectivity index (χ4v) is 1.58. The number of aliphatic hydroxyl groups excluding tert-OH is 1. The summed E-state index contributed by atoms with van der Waals surface area (Å²) in [5, 5.41) is 9.69. The predicted octanol–water partition coefficient (Wildman–Crippen LogP) is 2.64. The first-order valence-corrected chi connectivity index (χ1v) is 5.67. The zero-order valence-electron chi connectivity index (χ0n) is 9.41. The summed E-state index contributed by atoms with van der Waals surface area (Å²) in [4.78, 5) is 0. The van der Waals surface area contributed by atoms with E-state index in [0.717, 1.165) is 19.4 Å². The lowest BCUT2D eigenvalue weighted by Gasteiger charge is -2.11. The molecule has 16 heavy (non-hydrogen) atoms. The van der Waals surface area contributed by atoms with Crippen molar-refractivity contribution in [2.24, 2.45) is 0 Å². The van der Waals surface area contributed by atoms with Crippen molar-refractivity contribution >= 4 is 11.6 Å². The topological polar surface area (TPSA) is 38.7 Å². The Morgan fingerprint density at radius 3 is 2.69 bits per heavy atom. The van der Waals surface area contributed by atoms with E-state index < -0.39 is 0 Å². The third-order valence-electron chi connectivity index (χ3n) is 2.23. The van der Waals surface area contributed by atoms with Crippen molar-refractivity contribution in [3.8, 4) is 5.75 Å². The highest BCUT2D eigenvalue weighted by Gasteiger charge is 2.06. The fourth-order valence-electron chi connectivity index (χ4n) is 1.36. The van der Waals surface area contributed by atoms with Gasteiger partial charge in [-0.05, 0) is 25.0 Å². The maximum Gasteiger partial charge on any atom is 0.126 e. The third kappa shape index (κ3) is 4.00. The number of hydrogen-bond donors (Lipinski definition) is 1. The SMILES string of the molecule is COCCCCOc1cccc(Cl)c1CO. The van der Waals surface area contributed by atoms with Crippen LogP contribution < -0.4 is 4.74 Å². The maximum absolute atomic E-state index is 9.16. The van der Waals surface area contributed by atoms with Crippen LogP contribution in [0.25, 0.3) is 0 Å². The van der Waals surface area contributed by atoms with E-state index >= 15 is 0 Å². The van der Waals surface area contributed by atoms with Crippen LogP contribution in [0.15, 0.2) is 18.2 Å². The lowest BCUT2D eigenvalue weighted by Crippen LogP contribution is -2.02. The van der Waals surface area contributed by atoms with Crippen LogP contribution in [0.5, 0.6) is 5.75 Å². The summed E-state index contributed by atoms with van der Waals surface area (Å²) in [7, 11) is 1.68. The number of halogens is 1.